The van der Waals surface area contributed by atoms with Crippen molar-refractivity contribution in [3.8, 4) is 0 Å². The molecule has 4 aliphatic carbocycles. The van der Waals surface area contributed by atoms with E-state index in [-0.39, 0.29) is 42.5 Å². The van der Waals surface area contributed by atoms with Crippen LogP contribution in [0.1, 0.15) is 72.9 Å². The van der Waals surface area contributed by atoms with Crippen LogP contribution in [0.2, 0.25) is 0 Å². The van der Waals surface area contributed by atoms with Crippen LogP contribution >= 0.6 is 0 Å². The monoisotopic (exact) mass is 505 g/mol. The van der Waals surface area contributed by atoms with Crippen LogP contribution in [-0.4, -0.2) is 23.3 Å². The number of hydrogen-bond acceptors (Lipinski definition) is 3. The fourth-order valence-corrected chi connectivity index (χ4v) is 6.20. The van der Waals surface area contributed by atoms with Gasteiger partial charge >= 0.3 is 12.4 Å². The minimum absolute atomic E-state index is 0.0994. The van der Waals surface area contributed by atoms with Gasteiger partial charge in [-0.15, -0.1) is 0 Å². The van der Waals surface area contributed by atoms with Crippen LogP contribution in [0.4, 0.5) is 26.3 Å². The Bertz CT molecular complexity index is 953. The lowest BCUT2D eigenvalue weighted by Crippen LogP contribution is -2.59. The number of carbonyl (C=O) groups is 3. The molecule has 0 saturated heterocycles. The van der Waals surface area contributed by atoms with Gasteiger partial charge in [0.2, 0.25) is 11.8 Å². The number of hydrogen-bond donors (Lipinski definition) is 3. The highest BCUT2D eigenvalue weighted by Crippen LogP contribution is 2.55. The molecule has 0 radical (unpaired) electrons. The van der Waals surface area contributed by atoms with Crippen LogP contribution in [0.5, 0.6) is 0 Å². The highest BCUT2D eigenvalue weighted by molar-refractivity contribution is 5.96. The molecule has 35 heavy (non-hydrogen) atoms. The number of rotatable bonds is 5. The van der Waals surface area contributed by atoms with E-state index in [2.05, 4.69) is 5.32 Å². The molecule has 4 aliphatic rings. The average Bonchev–Trinajstić information content (AvgIpc) is 2.73. The largest absolute Gasteiger partial charge is 0.416 e. The third-order valence-electron chi connectivity index (χ3n) is 7.19. The fraction of sp³-hybridized carbons (Fsp3) is 0.609. The lowest BCUT2D eigenvalue weighted by atomic mass is 9.53. The van der Waals surface area contributed by atoms with Crippen molar-refractivity contribution in [2.24, 2.45) is 17.8 Å². The normalized spacial score (nSPS) is 27.4. The van der Waals surface area contributed by atoms with E-state index >= 15 is 0 Å². The van der Waals surface area contributed by atoms with Gasteiger partial charge in [0.15, 0.2) is 0 Å². The van der Waals surface area contributed by atoms with E-state index in [9.17, 15) is 40.7 Å². The molecular formula is C23H25F6N3O3. The van der Waals surface area contributed by atoms with E-state index in [1.807, 2.05) is 5.43 Å². The fourth-order valence-electron chi connectivity index (χ4n) is 6.20. The second kappa shape index (κ2) is 9.02. The Kier molecular flexibility index (Phi) is 6.52. The minimum atomic E-state index is -5.11. The summed E-state index contributed by atoms with van der Waals surface area (Å²) in [6.07, 6.45) is -4.28. The van der Waals surface area contributed by atoms with Crippen molar-refractivity contribution in [1.82, 2.24) is 16.2 Å². The first kappa shape index (κ1) is 25.3. The Morgan fingerprint density at radius 3 is 1.66 bits per heavy atom. The molecule has 4 saturated carbocycles. The molecule has 3 amide bonds. The molecule has 0 aromatic heterocycles. The summed E-state index contributed by atoms with van der Waals surface area (Å²) in [5, 5.41) is 3.09. The third kappa shape index (κ3) is 5.90. The van der Waals surface area contributed by atoms with Crippen LogP contribution in [0.15, 0.2) is 18.2 Å². The predicted molar refractivity (Wildman–Crippen MR) is 110 cm³/mol. The van der Waals surface area contributed by atoms with Gasteiger partial charge in [0.05, 0.1) is 11.1 Å². The second-order valence-corrected chi connectivity index (χ2v) is 10.0. The van der Waals surface area contributed by atoms with Gasteiger partial charge in [-0.2, -0.15) is 26.3 Å². The molecule has 1 aromatic rings. The van der Waals surface area contributed by atoms with Crippen molar-refractivity contribution in [3.63, 3.8) is 0 Å². The standard InChI is InChI=1S/C23H25F6N3O3/c24-22(25,26)16-6-15(7-17(8-16)23(27,28)29)20(35)32-31-19(34)2-1-18(33)30-21-9-12-3-13(10-21)5-14(4-12)11-21/h6-8,12-14H,1-5,9-11H2,(H,30,33)(H,31,34)(H,32,35). The summed E-state index contributed by atoms with van der Waals surface area (Å²) in [6.45, 7) is 0. The van der Waals surface area contributed by atoms with E-state index < -0.39 is 40.9 Å². The molecule has 0 aliphatic heterocycles. The molecule has 12 heteroatoms. The van der Waals surface area contributed by atoms with Gasteiger partial charge in [-0.1, -0.05) is 0 Å². The van der Waals surface area contributed by atoms with Crippen molar-refractivity contribution >= 4 is 17.7 Å². The first-order valence-corrected chi connectivity index (χ1v) is 11.4. The number of nitrogens with one attached hydrogen (secondary N) is 3. The maximum absolute atomic E-state index is 13.0. The predicted octanol–water partition coefficient (Wildman–Crippen LogP) is 4.35. The summed E-state index contributed by atoms with van der Waals surface area (Å²) in [5.41, 5.74) is -0.713. The number of benzene rings is 1. The number of alkyl halides is 6. The smallest absolute Gasteiger partial charge is 0.351 e. The molecule has 0 heterocycles. The molecule has 0 spiro atoms. The molecule has 192 valence electrons. The van der Waals surface area contributed by atoms with Gasteiger partial charge in [-0.3, -0.25) is 25.2 Å². The highest BCUT2D eigenvalue weighted by atomic mass is 19.4. The summed E-state index contributed by atoms with van der Waals surface area (Å²) in [5.74, 6) is -0.604. The Morgan fingerprint density at radius 1 is 0.743 bits per heavy atom. The average molecular weight is 505 g/mol. The van der Waals surface area contributed by atoms with Crippen LogP contribution in [0.25, 0.3) is 0 Å². The molecular weight excluding hydrogens is 480 g/mol. The SMILES string of the molecule is O=C(CCC(=O)NC12CC3CC(CC(C3)C1)C2)NNC(=O)c1cc(C(F)(F)F)cc(C(F)(F)F)c1. The summed E-state index contributed by atoms with van der Waals surface area (Å²) in [4.78, 5) is 36.6. The van der Waals surface area contributed by atoms with Gasteiger partial charge in [0, 0.05) is 23.9 Å². The zero-order chi connectivity index (χ0) is 25.6. The molecule has 5 rings (SSSR count). The highest BCUT2D eigenvalue weighted by Gasteiger charge is 2.51. The molecule has 3 N–H and O–H groups in total. The quantitative estimate of drug-likeness (QED) is 0.411. The van der Waals surface area contributed by atoms with Crippen LogP contribution in [-0.2, 0) is 21.9 Å². The Balaban J connectivity index is 1.29. The summed E-state index contributed by atoms with van der Waals surface area (Å²) in [7, 11) is 0. The summed E-state index contributed by atoms with van der Waals surface area (Å²) >= 11 is 0. The van der Waals surface area contributed by atoms with Gasteiger partial charge in [-0.05, 0) is 74.5 Å². The van der Waals surface area contributed by atoms with Crippen LogP contribution < -0.4 is 16.2 Å². The van der Waals surface area contributed by atoms with E-state index in [0.29, 0.717) is 17.8 Å². The van der Waals surface area contributed by atoms with E-state index in [1.54, 1.807) is 5.43 Å². The lowest BCUT2D eigenvalue weighted by Gasteiger charge is -2.56. The Labute approximate surface area is 197 Å². The topological polar surface area (TPSA) is 87.3 Å². The number of amides is 3. The van der Waals surface area contributed by atoms with Crippen molar-refractivity contribution in [2.75, 3.05) is 0 Å². The van der Waals surface area contributed by atoms with Gasteiger partial charge in [0.1, 0.15) is 0 Å². The zero-order valence-electron chi connectivity index (χ0n) is 18.6. The molecule has 0 atom stereocenters. The Morgan fingerprint density at radius 2 is 1.20 bits per heavy atom. The minimum Gasteiger partial charge on any atom is -0.351 e. The lowest BCUT2D eigenvalue weighted by molar-refractivity contribution is -0.143. The number of halogens is 6. The molecule has 4 fully saturated rings. The molecule has 4 bridgehead atoms. The summed E-state index contributed by atoms with van der Waals surface area (Å²) in [6, 6.07) is 0.420. The van der Waals surface area contributed by atoms with Crippen LogP contribution in [0, 0.1) is 17.8 Å². The van der Waals surface area contributed by atoms with Crippen molar-refractivity contribution in [3.05, 3.63) is 34.9 Å². The first-order chi connectivity index (χ1) is 16.2. The van der Waals surface area contributed by atoms with Gasteiger partial charge < -0.3 is 5.32 Å². The number of hydrazine groups is 1. The van der Waals surface area contributed by atoms with Crippen molar-refractivity contribution in [2.45, 2.75) is 69.3 Å². The van der Waals surface area contributed by atoms with Crippen molar-refractivity contribution in [1.29, 1.82) is 0 Å². The van der Waals surface area contributed by atoms with E-state index in [0.717, 1.165) is 19.3 Å². The maximum atomic E-state index is 13.0. The third-order valence-corrected chi connectivity index (χ3v) is 7.19. The van der Waals surface area contributed by atoms with E-state index in [4.69, 9.17) is 0 Å². The zero-order valence-corrected chi connectivity index (χ0v) is 18.6. The maximum Gasteiger partial charge on any atom is 0.416 e. The molecule has 1 aromatic carbocycles. The van der Waals surface area contributed by atoms with Gasteiger partial charge in [0.25, 0.3) is 5.91 Å². The number of carbonyl (C=O) groups excluding carboxylic acids is 3. The van der Waals surface area contributed by atoms with Crippen molar-refractivity contribution < 1.29 is 40.7 Å². The molecule has 6 nitrogen and oxygen atoms in total. The van der Waals surface area contributed by atoms with E-state index in [1.165, 1.54) is 19.3 Å². The second-order valence-electron chi connectivity index (χ2n) is 10.0. The molecule has 0 unspecified atom stereocenters. The van der Waals surface area contributed by atoms with Crippen LogP contribution in [0.3, 0.4) is 0 Å². The summed E-state index contributed by atoms with van der Waals surface area (Å²) < 4.78 is 77.7. The van der Waals surface area contributed by atoms with Gasteiger partial charge in [-0.25, -0.2) is 0 Å². The first-order valence-electron chi connectivity index (χ1n) is 11.4. The Hall–Kier alpha value is -2.79.